The average molecular weight is 315 g/mol. The van der Waals surface area contributed by atoms with Gasteiger partial charge in [0.1, 0.15) is 4.60 Å². The van der Waals surface area contributed by atoms with Crippen LogP contribution in [-0.2, 0) is 12.6 Å². The van der Waals surface area contributed by atoms with Crippen LogP contribution in [0.5, 0.6) is 0 Å². The molecule has 0 bridgehead atoms. The fourth-order valence-corrected chi connectivity index (χ4v) is 1.73. The maximum Gasteiger partial charge on any atom is 0.417 e. The Morgan fingerprint density at radius 3 is 2.41 bits per heavy atom. The quantitative estimate of drug-likeness (QED) is 0.614. The van der Waals surface area contributed by atoms with E-state index in [9.17, 15) is 22.0 Å². The molecule has 0 unspecified atom stereocenters. The molecule has 1 aromatic heterocycles. The average Bonchev–Trinajstić information content (AvgIpc) is 2.18. The van der Waals surface area contributed by atoms with E-state index in [0.717, 1.165) is 0 Å². The third-order valence-corrected chi connectivity index (χ3v) is 2.61. The van der Waals surface area contributed by atoms with Crippen molar-refractivity contribution in [3.05, 3.63) is 27.5 Å². The molecule has 1 rings (SSSR count). The topological polar surface area (TPSA) is 36.7 Å². The summed E-state index contributed by atoms with van der Waals surface area (Å²) in [6, 6.07) is 1.49. The van der Waals surface area contributed by atoms with Crippen molar-refractivity contribution in [2.75, 3.05) is 0 Å². The van der Waals surface area contributed by atoms with Crippen LogP contribution < -0.4 is 0 Å². The second-order valence-corrected chi connectivity index (χ2v) is 3.74. The van der Waals surface area contributed by atoms with Crippen molar-refractivity contribution in [2.45, 2.75) is 19.0 Å². The van der Waals surface area contributed by atoms with Gasteiger partial charge < -0.3 is 0 Å². The molecule has 0 spiro atoms. The monoisotopic (exact) mass is 314 g/mol. The first-order chi connectivity index (χ1) is 7.79. The Labute approximate surface area is 101 Å². The number of halogens is 6. The highest BCUT2D eigenvalue weighted by Crippen LogP contribution is 2.40. The molecular formula is C9H4BrF5N2. The molecule has 0 saturated heterocycles. The van der Waals surface area contributed by atoms with Crippen LogP contribution in [0.4, 0.5) is 22.0 Å². The fourth-order valence-electron chi connectivity index (χ4n) is 1.29. The van der Waals surface area contributed by atoms with Crippen LogP contribution in [0.2, 0.25) is 0 Å². The number of rotatable bonds is 2. The molecule has 0 fully saturated rings. The van der Waals surface area contributed by atoms with Gasteiger partial charge in [0.15, 0.2) is 0 Å². The summed E-state index contributed by atoms with van der Waals surface area (Å²) in [6.45, 7) is 0. The number of pyridine rings is 1. The van der Waals surface area contributed by atoms with Crippen molar-refractivity contribution < 1.29 is 22.0 Å². The maximum absolute atomic E-state index is 12.7. The van der Waals surface area contributed by atoms with E-state index in [2.05, 4.69) is 20.9 Å². The molecule has 0 atom stereocenters. The zero-order valence-electron chi connectivity index (χ0n) is 8.02. The van der Waals surface area contributed by atoms with Gasteiger partial charge in [0.05, 0.1) is 18.1 Å². The van der Waals surface area contributed by atoms with Crippen molar-refractivity contribution in [1.82, 2.24) is 4.98 Å². The summed E-state index contributed by atoms with van der Waals surface area (Å²) in [5.41, 5.74) is -3.28. The van der Waals surface area contributed by atoms with E-state index in [-0.39, 0.29) is 4.60 Å². The van der Waals surface area contributed by atoms with Crippen molar-refractivity contribution in [3.63, 3.8) is 0 Å². The molecule has 0 aromatic carbocycles. The zero-order valence-corrected chi connectivity index (χ0v) is 9.61. The second kappa shape index (κ2) is 4.96. The Morgan fingerprint density at radius 2 is 2.00 bits per heavy atom. The van der Waals surface area contributed by atoms with Gasteiger partial charge in [0.2, 0.25) is 0 Å². The van der Waals surface area contributed by atoms with Crippen LogP contribution in [0.1, 0.15) is 23.1 Å². The lowest BCUT2D eigenvalue weighted by Gasteiger charge is -2.16. The van der Waals surface area contributed by atoms with E-state index < -0.39 is 35.7 Å². The third-order valence-electron chi connectivity index (χ3n) is 1.93. The number of hydrogen-bond donors (Lipinski definition) is 0. The van der Waals surface area contributed by atoms with Gasteiger partial charge in [0, 0.05) is 17.3 Å². The van der Waals surface area contributed by atoms with Crippen molar-refractivity contribution in [1.29, 1.82) is 5.26 Å². The summed E-state index contributed by atoms with van der Waals surface area (Å²) in [7, 11) is 0. The lowest BCUT2D eigenvalue weighted by Crippen LogP contribution is -2.15. The maximum atomic E-state index is 12.7. The van der Waals surface area contributed by atoms with Gasteiger partial charge >= 0.3 is 6.18 Å². The van der Waals surface area contributed by atoms with Crippen molar-refractivity contribution in [3.8, 4) is 6.07 Å². The molecular weight excluding hydrogens is 311 g/mol. The van der Waals surface area contributed by atoms with Gasteiger partial charge in [-0.1, -0.05) is 0 Å². The highest BCUT2D eigenvalue weighted by Gasteiger charge is 2.39. The highest BCUT2D eigenvalue weighted by molar-refractivity contribution is 9.10. The Kier molecular flexibility index (Phi) is 4.03. The standard InChI is InChI=1S/C9H4BrF5N2/c10-7-4(1-2-16)6(9(13,14)15)5(3-17-7)8(11)12/h3,8H,1H2. The molecule has 92 valence electrons. The van der Waals surface area contributed by atoms with Gasteiger partial charge in [0.25, 0.3) is 6.43 Å². The number of hydrogen-bond acceptors (Lipinski definition) is 2. The van der Waals surface area contributed by atoms with Crippen molar-refractivity contribution in [2.24, 2.45) is 0 Å². The number of nitrogens with zero attached hydrogens (tertiary/aromatic N) is 2. The van der Waals surface area contributed by atoms with Crippen molar-refractivity contribution >= 4 is 15.9 Å². The van der Waals surface area contributed by atoms with Crippen LogP contribution in [0.15, 0.2) is 10.8 Å². The minimum Gasteiger partial charge on any atom is -0.249 e. The van der Waals surface area contributed by atoms with Gasteiger partial charge in [-0.05, 0) is 15.9 Å². The molecule has 2 nitrogen and oxygen atoms in total. The molecule has 1 heterocycles. The van der Waals surface area contributed by atoms with E-state index in [1.54, 1.807) is 0 Å². The van der Waals surface area contributed by atoms with Gasteiger partial charge in [-0.15, -0.1) is 0 Å². The lowest BCUT2D eigenvalue weighted by molar-refractivity contribution is -0.140. The Morgan fingerprint density at radius 1 is 1.41 bits per heavy atom. The Balaban J connectivity index is 3.57. The molecule has 0 N–H and O–H groups in total. The van der Waals surface area contributed by atoms with Gasteiger partial charge in [-0.25, -0.2) is 13.8 Å². The largest absolute Gasteiger partial charge is 0.417 e. The normalized spacial score (nSPS) is 11.6. The molecule has 0 aliphatic carbocycles. The van der Waals surface area contributed by atoms with Gasteiger partial charge in [-0.3, -0.25) is 0 Å². The summed E-state index contributed by atoms with van der Waals surface area (Å²) >= 11 is 2.72. The summed E-state index contributed by atoms with van der Waals surface area (Å²) in [4.78, 5) is 3.38. The van der Waals surface area contributed by atoms with E-state index in [0.29, 0.717) is 6.20 Å². The SMILES string of the molecule is N#CCc1c(Br)ncc(C(F)F)c1C(F)(F)F. The predicted molar refractivity (Wildman–Crippen MR) is 51.2 cm³/mol. The molecule has 0 saturated carbocycles. The van der Waals surface area contributed by atoms with Crippen LogP contribution in [-0.4, -0.2) is 4.98 Å². The zero-order chi connectivity index (χ0) is 13.2. The lowest BCUT2D eigenvalue weighted by atomic mass is 10.0. The smallest absolute Gasteiger partial charge is 0.249 e. The van der Waals surface area contributed by atoms with E-state index in [4.69, 9.17) is 5.26 Å². The van der Waals surface area contributed by atoms with Crippen LogP contribution >= 0.6 is 15.9 Å². The summed E-state index contributed by atoms with van der Waals surface area (Å²) in [6.07, 6.45) is -8.45. The number of nitriles is 1. The molecule has 1 aromatic rings. The predicted octanol–water partition coefficient (Wildman–Crippen LogP) is 3.87. The molecule has 0 aliphatic heterocycles. The summed E-state index contributed by atoms with van der Waals surface area (Å²) in [5, 5.41) is 8.41. The Bertz CT molecular complexity index is 464. The van der Waals surface area contributed by atoms with Crippen LogP contribution in [0.3, 0.4) is 0 Å². The summed E-state index contributed by atoms with van der Waals surface area (Å²) < 4.78 is 62.7. The first-order valence-electron chi connectivity index (χ1n) is 4.18. The van der Waals surface area contributed by atoms with Crippen LogP contribution in [0.25, 0.3) is 0 Å². The molecule has 0 amide bonds. The molecule has 17 heavy (non-hydrogen) atoms. The van der Waals surface area contributed by atoms with E-state index >= 15 is 0 Å². The fraction of sp³-hybridized carbons (Fsp3) is 0.333. The second-order valence-electron chi connectivity index (χ2n) is 2.99. The van der Waals surface area contributed by atoms with E-state index in [1.807, 2.05) is 0 Å². The Hall–Kier alpha value is -1.23. The molecule has 0 aliphatic rings. The van der Waals surface area contributed by atoms with Crippen LogP contribution in [0, 0.1) is 11.3 Å². The first kappa shape index (κ1) is 13.8. The van der Waals surface area contributed by atoms with E-state index in [1.165, 1.54) is 6.07 Å². The number of alkyl halides is 5. The first-order valence-corrected chi connectivity index (χ1v) is 4.98. The number of aromatic nitrogens is 1. The molecule has 8 heteroatoms. The highest BCUT2D eigenvalue weighted by atomic mass is 79.9. The summed E-state index contributed by atoms with van der Waals surface area (Å²) in [5.74, 6) is 0. The molecule has 0 radical (unpaired) electrons. The minimum atomic E-state index is -4.95. The van der Waals surface area contributed by atoms with Gasteiger partial charge in [-0.2, -0.15) is 18.4 Å². The minimum absolute atomic E-state index is 0.254. The third kappa shape index (κ3) is 2.91.